The molecule has 1 rings (SSSR count). The number of hydrogen-bond acceptors (Lipinski definition) is 3. The Labute approximate surface area is 103 Å². The van der Waals surface area contributed by atoms with Gasteiger partial charge in [0.15, 0.2) is 0 Å². The molecule has 0 saturated heterocycles. The fourth-order valence-corrected chi connectivity index (χ4v) is 2.47. The van der Waals surface area contributed by atoms with E-state index in [9.17, 15) is 0 Å². The molecule has 0 fully saturated rings. The van der Waals surface area contributed by atoms with Crippen molar-refractivity contribution >= 4 is 11.3 Å². The van der Waals surface area contributed by atoms with Crippen LogP contribution in [0.2, 0.25) is 0 Å². The second-order valence-electron chi connectivity index (χ2n) is 5.62. The molecule has 1 aromatic heterocycles. The highest BCUT2D eigenvalue weighted by atomic mass is 32.1. The van der Waals surface area contributed by atoms with Gasteiger partial charge in [0.2, 0.25) is 0 Å². The largest absolute Gasteiger partial charge is 0.328 e. The molecule has 1 atom stereocenters. The highest BCUT2D eigenvalue weighted by Gasteiger charge is 2.14. The van der Waals surface area contributed by atoms with E-state index < -0.39 is 0 Å². The van der Waals surface area contributed by atoms with Crippen LogP contribution in [0.3, 0.4) is 0 Å². The van der Waals surface area contributed by atoms with E-state index in [0.29, 0.717) is 11.5 Å². The van der Waals surface area contributed by atoms with Crippen molar-refractivity contribution in [1.82, 2.24) is 5.32 Å². The minimum absolute atomic E-state index is 0.315. The molecule has 2 nitrogen and oxygen atoms in total. The molecule has 0 saturated carbocycles. The van der Waals surface area contributed by atoms with Gasteiger partial charge >= 0.3 is 0 Å². The van der Waals surface area contributed by atoms with Gasteiger partial charge in [-0.25, -0.2) is 0 Å². The van der Waals surface area contributed by atoms with Crippen LogP contribution in [-0.2, 0) is 6.54 Å². The van der Waals surface area contributed by atoms with Crippen LogP contribution in [-0.4, -0.2) is 12.6 Å². The Hall–Kier alpha value is -0.380. The minimum Gasteiger partial charge on any atom is -0.328 e. The first-order valence-corrected chi connectivity index (χ1v) is 6.89. The third-order valence-corrected chi connectivity index (χ3v) is 3.21. The van der Waals surface area contributed by atoms with E-state index in [2.05, 4.69) is 42.9 Å². The summed E-state index contributed by atoms with van der Waals surface area (Å²) in [5.41, 5.74) is 7.79. The second kappa shape index (κ2) is 6.38. The van der Waals surface area contributed by atoms with Crippen molar-refractivity contribution in [3.8, 4) is 0 Å². The standard InChI is InChI=1S/C13H24N2S/c1-13(2,3)8-12(14)4-6-15-9-11-5-7-16-10-11/h5,7,10,12,15H,4,6,8-9,14H2,1-3H3. The topological polar surface area (TPSA) is 38.0 Å². The molecule has 1 aromatic rings. The lowest BCUT2D eigenvalue weighted by Crippen LogP contribution is -2.30. The van der Waals surface area contributed by atoms with E-state index in [0.717, 1.165) is 25.9 Å². The van der Waals surface area contributed by atoms with Crippen LogP contribution in [0.1, 0.15) is 39.2 Å². The van der Waals surface area contributed by atoms with E-state index in [1.807, 2.05) is 0 Å². The van der Waals surface area contributed by atoms with Gasteiger partial charge in [-0.05, 0) is 47.2 Å². The van der Waals surface area contributed by atoms with E-state index >= 15 is 0 Å². The molecule has 0 bridgehead atoms. The Morgan fingerprint density at radius 2 is 2.19 bits per heavy atom. The summed E-state index contributed by atoms with van der Waals surface area (Å²) in [7, 11) is 0. The van der Waals surface area contributed by atoms with Gasteiger partial charge in [-0.2, -0.15) is 11.3 Å². The summed E-state index contributed by atoms with van der Waals surface area (Å²) in [5.74, 6) is 0. The molecular formula is C13H24N2S. The summed E-state index contributed by atoms with van der Waals surface area (Å²) in [6.45, 7) is 8.70. The molecular weight excluding hydrogens is 216 g/mol. The lowest BCUT2D eigenvalue weighted by Gasteiger charge is -2.23. The van der Waals surface area contributed by atoms with Crippen molar-refractivity contribution in [3.05, 3.63) is 22.4 Å². The zero-order valence-corrected chi connectivity index (χ0v) is 11.4. The Morgan fingerprint density at radius 1 is 1.44 bits per heavy atom. The number of nitrogens with two attached hydrogens (primary N) is 1. The maximum absolute atomic E-state index is 6.08. The molecule has 0 aliphatic rings. The molecule has 0 spiro atoms. The zero-order valence-electron chi connectivity index (χ0n) is 10.6. The van der Waals surface area contributed by atoms with E-state index in [1.54, 1.807) is 11.3 Å². The van der Waals surface area contributed by atoms with E-state index in [-0.39, 0.29) is 0 Å². The van der Waals surface area contributed by atoms with Crippen LogP contribution < -0.4 is 11.1 Å². The monoisotopic (exact) mass is 240 g/mol. The molecule has 0 amide bonds. The average molecular weight is 240 g/mol. The molecule has 1 unspecified atom stereocenters. The Kier molecular flexibility index (Phi) is 5.46. The number of hydrogen-bond donors (Lipinski definition) is 2. The molecule has 0 aliphatic heterocycles. The molecule has 92 valence electrons. The van der Waals surface area contributed by atoms with Gasteiger partial charge < -0.3 is 11.1 Å². The van der Waals surface area contributed by atoms with Crippen molar-refractivity contribution in [2.24, 2.45) is 11.1 Å². The molecule has 0 aromatic carbocycles. The summed E-state index contributed by atoms with van der Waals surface area (Å²) in [4.78, 5) is 0. The van der Waals surface area contributed by atoms with Crippen molar-refractivity contribution in [3.63, 3.8) is 0 Å². The number of rotatable bonds is 6. The maximum atomic E-state index is 6.08. The minimum atomic E-state index is 0.315. The molecule has 1 heterocycles. The van der Waals surface area contributed by atoms with Crippen molar-refractivity contribution in [2.75, 3.05) is 6.54 Å². The average Bonchev–Trinajstić information content (AvgIpc) is 2.62. The summed E-state index contributed by atoms with van der Waals surface area (Å²) in [6, 6.07) is 2.47. The van der Waals surface area contributed by atoms with Crippen LogP contribution in [0.5, 0.6) is 0 Å². The first-order valence-electron chi connectivity index (χ1n) is 5.95. The summed E-state index contributed by atoms with van der Waals surface area (Å²) in [5, 5.41) is 7.73. The number of nitrogens with one attached hydrogen (secondary N) is 1. The third kappa shape index (κ3) is 6.26. The highest BCUT2D eigenvalue weighted by molar-refractivity contribution is 7.07. The smallest absolute Gasteiger partial charge is 0.0213 e. The summed E-state index contributed by atoms with van der Waals surface area (Å²) >= 11 is 1.75. The van der Waals surface area contributed by atoms with Crippen LogP contribution in [0.15, 0.2) is 16.8 Å². The van der Waals surface area contributed by atoms with Gasteiger partial charge in [0.1, 0.15) is 0 Å². The summed E-state index contributed by atoms with van der Waals surface area (Å²) in [6.07, 6.45) is 2.15. The Morgan fingerprint density at radius 3 is 2.75 bits per heavy atom. The van der Waals surface area contributed by atoms with E-state index in [4.69, 9.17) is 5.73 Å². The van der Waals surface area contributed by atoms with Crippen molar-refractivity contribution in [1.29, 1.82) is 0 Å². The van der Waals surface area contributed by atoms with Crippen molar-refractivity contribution in [2.45, 2.75) is 46.2 Å². The zero-order chi connectivity index (χ0) is 12.0. The fraction of sp³-hybridized carbons (Fsp3) is 0.692. The normalized spacial score (nSPS) is 14.0. The quantitative estimate of drug-likeness (QED) is 0.750. The molecule has 0 radical (unpaired) electrons. The first-order chi connectivity index (χ1) is 7.47. The lowest BCUT2D eigenvalue weighted by molar-refractivity contribution is 0.329. The van der Waals surface area contributed by atoms with Crippen LogP contribution >= 0.6 is 11.3 Å². The predicted octanol–water partition coefficient (Wildman–Crippen LogP) is 2.99. The molecule has 0 aliphatic carbocycles. The maximum Gasteiger partial charge on any atom is 0.0213 e. The van der Waals surface area contributed by atoms with E-state index in [1.165, 1.54) is 5.56 Å². The van der Waals surface area contributed by atoms with Gasteiger partial charge in [-0.3, -0.25) is 0 Å². The predicted molar refractivity (Wildman–Crippen MR) is 72.7 cm³/mol. The van der Waals surface area contributed by atoms with Gasteiger partial charge in [0.25, 0.3) is 0 Å². The van der Waals surface area contributed by atoms with Crippen LogP contribution in [0.25, 0.3) is 0 Å². The molecule has 3 N–H and O–H groups in total. The van der Waals surface area contributed by atoms with Gasteiger partial charge in [0.05, 0.1) is 0 Å². The fourth-order valence-electron chi connectivity index (χ4n) is 1.80. The van der Waals surface area contributed by atoms with Gasteiger partial charge in [0, 0.05) is 12.6 Å². The molecule has 3 heteroatoms. The van der Waals surface area contributed by atoms with Gasteiger partial charge in [-0.15, -0.1) is 0 Å². The highest BCUT2D eigenvalue weighted by Crippen LogP contribution is 2.20. The van der Waals surface area contributed by atoms with Crippen LogP contribution in [0, 0.1) is 5.41 Å². The lowest BCUT2D eigenvalue weighted by atomic mass is 9.87. The molecule has 16 heavy (non-hydrogen) atoms. The SMILES string of the molecule is CC(C)(C)CC(N)CCNCc1ccsc1. The first kappa shape index (κ1) is 13.7. The number of thiophene rings is 1. The second-order valence-corrected chi connectivity index (χ2v) is 6.40. The Bertz CT molecular complexity index is 275. The van der Waals surface area contributed by atoms with Crippen molar-refractivity contribution < 1.29 is 0 Å². The van der Waals surface area contributed by atoms with Crippen LogP contribution in [0.4, 0.5) is 0 Å². The van der Waals surface area contributed by atoms with Gasteiger partial charge in [-0.1, -0.05) is 20.8 Å². The Balaban J connectivity index is 2.07. The third-order valence-electron chi connectivity index (χ3n) is 2.48. The summed E-state index contributed by atoms with van der Waals surface area (Å²) < 4.78 is 0.